The Bertz CT molecular complexity index is 366. The second kappa shape index (κ2) is 4.96. The Hall–Kier alpha value is -0.120. The molecule has 2 N–H and O–H groups in total. The fraction of sp³-hybridized carbons (Fsp3) is 1.00. The summed E-state index contributed by atoms with van der Waals surface area (Å²) < 4.78 is 6.39. The Balaban J connectivity index is 2.40. The molecule has 3 heteroatoms. The van der Waals surface area contributed by atoms with Gasteiger partial charge in [-0.3, -0.25) is 4.90 Å². The maximum atomic E-state index is 6.39. The fourth-order valence-corrected chi connectivity index (χ4v) is 4.90. The minimum atomic E-state index is -0.198. The van der Waals surface area contributed by atoms with Gasteiger partial charge in [-0.25, -0.2) is 0 Å². The monoisotopic (exact) mass is 282 g/mol. The number of ether oxygens (including phenoxy) is 1. The second-order valence-corrected chi connectivity index (χ2v) is 8.50. The fourth-order valence-electron chi connectivity index (χ4n) is 4.90. The highest BCUT2D eigenvalue weighted by atomic mass is 16.5. The summed E-state index contributed by atoms with van der Waals surface area (Å²) in [5.74, 6) is 1.46. The molecule has 118 valence electrons. The smallest absolute Gasteiger partial charge is 0.0830 e. The predicted molar refractivity (Wildman–Crippen MR) is 84.8 cm³/mol. The molecule has 2 heterocycles. The largest absolute Gasteiger partial charge is 0.368 e. The minimum absolute atomic E-state index is 0.0428. The quantitative estimate of drug-likeness (QED) is 0.846. The van der Waals surface area contributed by atoms with E-state index in [-0.39, 0.29) is 16.7 Å². The first-order valence-corrected chi connectivity index (χ1v) is 8.22. The van der Waals surface area contributed by atoms with Crippen molar-refractivity contribution in [3.8, 4) is 0 Å². The number of nitrogens with zero attached hydrogens (tertiary/aromatic N) is 1. The Morgan fingerprint density at radius 2 is 1.75 bits per heavy atom. The molecule has 0 bridgehead atoms. The van der Waals surface area contributed by atoms with Gasteiger partial charge in [-0.1, -0.05) is 13.8 Å². The third-order valence-corrected chi connectivity index (χ3v) is 5.86. The van der Waals surface area contributed by atoms with Gasteiger partial charge in [0.25, 0.3) is 0 Å². The normalized spacial score (nSPS) is 44.7. The lowest BCUT2D eigenvalue weighted by Gasteiger charge is -2.55. The first kappa shape index (κ1) is 16.3. The van der Waals surface area contributed by atoms with Crippen molar-refractivity contribution in [3.63, 3.8) is 0 Å². The molecule has 2 aliphatic rings. The number of rotatable bonds is 2. The highest BCUT2D eigenvalue weighted by molar-refractivity contribution is 5.15. The van der Waals surface area contributed by atoms with Crippen molar-refractivity contribution in [2.45, 2.75) is 84.1 Å². The molecule has 0 aliphatic carbocycles. The molecule has 20 heavy (non-hydrogen) atoms. The molecule has 0 aromatic rings. The van der Waals surface area contributed by atoms with Crippen molar-refractivity contribution in [2.75, 3.05) is 13.1 Å². The highest BCUT2D eigenvalue weighted by Gasteiger charge is 2.60. The average molecular weight is 282 g/mol. The molecule has 0 radical (unpaired) electrons. The molecule has 0 spiro atoms. The molecule has 0 aromatic heterocycles. The highest BCUT2D eigenvalue weighted by Crippen LogP contribution is 2.50. The summed E-state index contributed by atoms with van der Waals surface area (Å²) in [6.45, 7) is 17.8. The van der Waals surface area contributed by atoms with Gasteiger partial charge in [0.1, 0.15) is 0 Å². The summed E-state index contributed by atoms with van der Waals surface area (Å²) in [6.07, 6.45) is 2.34. The summed E-state index contributed by atoms with van der Waals surface area (Å²) >= 11 is 0. The van der Waals surface area contributed by atoms with Crippen LogP contribution in [0.15, 0.2) is 0 Å². The molecular formula is C17H34N2O. The van der Waals surface area contributed by atoms with Crippen LogP contribution in [0.4, 0.5) is 0 Å². The van der Waals surface area contributed by atoms with Crippen LogP contribution in [0.3, 0.4) is 0 Å². The molecule has 3 nitrogen and oxygen atoms in total. The Labute approximate surface area is 125 Å². The zero-order chi connectivity index (χ0) is 15.3. The number of nitrogens with two attached hydrogens (primary N) is 1. The van der Waals surface area contributed by atoms with E-state index in [0.717, 1.165) is 24.8 Å². The van der Waals surface area contributed by atoms with E-state index < -0.39 is 0 Å². The van der Waals surface area contributed by atoms with Crippen molar-refractivity contribution in [1.82, 2.24) is 4.90 Å². The molecule has 0 amide bonds. The minimum Gasteiger partial charge on any atom is -0.368 e. The lowest BCUT2D eigenvalue weighted by atomic mass is 9.73. The Morgan fingerprint density at radius 1 is 1.15 bits per heavy atom. The molecule has 2 saturated heterocycles. The van der Waals surface area contributed by atoms with Gasteiger partial charge in [0.05, 0.1) is 16.7 Å². The third-order valence-electron chi connectivity index (χ3n) is 5.86. The molecule has 2 rings (SSSR count). The SMILES string of the molecule is CC1CC(C)C(C)N(C2(CN)CC(C)(C)OC2(C)C)C1. The van der Waals surface area contributed by atoms with Crippen LogP contribution in [0.2, 0.25) is 0 Å². The maximum absolute atomic E-state index is 6.39. The molecular weight excluding hydrogens is 248 g/mol. The van der Waals surface area contributed by atoms with Gasteiger partial charge in [0.15, 0.2) is 0 Å². The first-order chi connectivity index (χ1) is 9.05. The van der Waals surface area contributed by atoms with Gasteiger partial charge in [-0.05, 0) is 59.3 Å². The summed E-state index contributed by atoms with van der Waals surface area (Å²) in [5.41, 5.74) is 6.00. The van der Waals surface area contributed by atoms with E-state index in [1.54, 1.807) is 0 Å². The average Bonchev–Trinajstić information content (AvgIpc) is 2.48. The molecule has 2 aliphatic heterocycles. The van der Waals surface area contributed by atoms with Gasteiger partial charge < -0.3 is 10.5 Å². The lowest BCUT2D eigenvalue weighted by Crippen LogP contribution is -2.68. The van der Waals surface area contributed by atoms with Crippen LogP contribution in [-0.4, -0.2) is 40.8 Å². The Morgan fingerprint density at radius 3 is 2.20 bits per heavy atom. The van der Waals surface area contributed by atoms with E-state index in [0.29, 0.717) is 12.6 Å². The first-order valence-electron chi connectivity index (χ1n) is 8.22. The van der Waals surface area contributed by atoms with E-state index in [1.165, 1.54) is 6.42 Å². The van der Waals surface area contributed by atoms with Crippen molar-refractivity contribution >= 4 is 0 Å². The number of hydrogen-bond acceptors (Lipinski definition) is 3. The van der Waals surface area contributed by atoms with Gasteiger partial charge in [-0.2, -0.15) is 0 Å². The molecule has 2 fully saturated rings. The van der Waals surface area contributed by atoms with E-state index in [2.05, 4.69) is 53.4 Å². The summed E-state index contributed by atoms with van der Waals surface area (Å²) in [7, 11) is 0. The third kappa shape index (κ3) is 2.42. The number of likely N-dealkylation sites (tertiary alicyclic amines) is 1. The van der Waals surface area contributed by atoms with Gasteiger partial charge in [0, 0.05) is 19.1 Å². The van der Waals surface area contributed by atoms with Crippen LogP contribution in [0.25, 0.3) is 0 Å². The van der Waals surface area contributed by atoms with E-state index in [9.17, 15) is 0 Å². The number of piperidine rings is 1. The predicted octanol–water partition coefficient (Wildman–Crippen LogP) is 3.03. The van der Waals surface area contributed by atoms with Crippen LogP contribution >= 0.6 is 0 Å². The Kier molecular flexibility index (Phi) is 4.03. The second-order valence-electron chi connectivity index (χ2n) is 8.50. The molecule has 4 unspecified atom stereocenters. The standard InChI is InChI=1S/C17H34N2O/c1-12-8-13(2)14(3)19(9-12)17(11-18)10-15(4,5)20-16(17,6)7/h12-14H,8-11,18H2,1-7H3. The molecule has 4 atom stereocenters. The summed E-state index contributed by atoms with van der Waals surface area (Å²) in [4.78, 5) is 2.68. The van der Waals surface area contributed by atoms with Crippen LogP contribution in [0.1, 0.15) is 61.3 Å². The van der Waals surface area contributed by atoms with Crippen molar-refractivity contribution in [2.24, 2.45) is 17.6 Å². The van der Waals surface area contributed by atoms with Crippen molar-refractivity contribution in [3.05, 3.63) is 0 Å². The van der Waals surface area contributed by atoms with Gasteiger partial charge in [-0.15, -0.1) is 0 Å². The lowest BCUT2D eigenvalue weighted by molar-refractivity contribution is -0.123. The van der Waals surface area contributed by atoms with E-state index >= 15 is 0 Å². The van der Waals surface area contributed by atoms with E-state index in [1.807, 2.05) is 0 Å². The summed E-state index contributed by atoms with van der Waals surface area (Å²) in [5, 5.41) is 0. The zero-order valence-electron chi connectivity index (χ0n) is 14.5. The van der Waals surface area contributed by atoms with Crippen LogP contribution in [0.5, 0.6) is 0 Å². The van der Waals surface area contributed by atoms with Gasteiger partial charge >= 0.3 is 0 Å². The zero-order valence-corrected chi connectivity index (χ0v) is 14.5. The maximum Gasteiger partial charge on any atom is 0.0830 e. The molecule has 0 saturated carbocycles. The van der Waals surface area contributed by atoms with Crippen LogP contribution in [0, 0.1) is 11.8 Å². The van der Waals surface area contributed by atoms with E-state index in [4.69, 9.17) is 10.5 Å². The van der Waals surface area contributed by atoms with Crippen LogP contribution in [-0.2, 0) is 4.74 Å². The van der Waals surface area contributed by atoms with Gasteiger partial charge in [0.2, 0.25) is 0 Å². The number of hydrogen-bond donors (Lipinski definition) is 1. The molecule has 0 aromatic carbocycles. The van der Waals surface area contributed by atoms with Crippen molar-refractivity contribution in [1.29, 1.82) is 0 Å². The van der Waals surface area contributed by atoms with Crippen LogP contribution < -0.4 is 5.73 Å². The van der Waals surface area contributed by atoms with Crippen molar-refractivity contribution < 1.29 is 4.74 Å². The summed E-state index contributed by atoms with van der Waals surface area (Å²) in [6, 6.07) is 0.575. The topological polar surface area (TPSA) is 38.5 Å².